The van der Waals surface area contributed by atoms with E-state index in [1.807, 2.05) is 13.8 Å². The van der Waals surface area contributed by atoms with Crippen LogP contribution in [0.25, 0.3) is 0 Å². The molecule has 0 saturated heterocycles. The van der Waals surface area contributed by atoms with Crippen molar-refractivity contribution in [3.05, 3.63) is 0 Å². The van der Waals surface area contributed by atoms with Gasteiger partial charge in [-0.3, -0.25) is 9.59 Å². The molecule has 0 fully saturated rings. The van der Waals surface area contributed by atoms with E-state index in [0.717, 1.165) is 6.42 Å². The van der Waals surface area contributed by atoms with Crippen LogP contribution < -0.4 is 0 Å². The van der Waals surface area contributed by atoms with Crippen molar-refractivity contribution in [2.75, 3.05) is 6.61 Å². The van der Waals surface area contributed by atoms with Gasteiger partial charge >= 0.3 is 5.97 Å². The van der Waals surface area contributed by atoms with Gasteiger partial charge in [-0.15, -0.1) is 0 Å². The summed E-state index contributed by atoms with van der Waals surface area (Å²) in [7, 11) is 0. The lowest BCUT2D eigenvalue weighted by Gasteiger charge is -2.15. The molecule has 0 heterocycles. The van der Waals surface area contributed by atoms with Crippen LogP contribution in [0.1, 0.15) is 40.5 Å². The molecule has 0 spiro atoms. The summed E-state index contributed by atoms with van der Waals surface area (Å²) in [5.74, 6) is -0.651. The van der Waals surface area contributed by atoms with E-state index >= 15 is 0 Å². The summed E-state index contributed by atoms with van der Waals surface area (Å²) in [4.78, 5) is 22.6. The van der Waals surface area contributed by atoms with Gasteiger partial charge in [-0.05, 0) is 26.2 Å². The van der Waals surface area contributed by atoms with Crippen molar-refractivity contribution in [2.24, 2.45) is 11.8 Å². The molecule has 0 aromatic rings. The number of Topliss-reactive ketones (excluding diaryl/α,β-unsaturated/α-hetero) is 1. The van der Waals surface area contributed by atoms with Crippen LogP contribution in [0.5, 0.6) is 0 Å². The van der Waals surface area contributed by atoms with Gasteiger partial charge in [0.05, 0.1) is 6.61 Å². The van der Waals surface area contributed by atoms with Crippen molar-refractivity contribution >= 4 is 11.8 Å². The highest BCUT2D eigenvalue weighted by molar-refractivity contribution is 5.97. The zero-order valence-corrected chi connectivity index (χ0v) is 9.50. The third kappa shape index (κ3) is 4.40. The predicted octanol–water partition coefficient (Wildman–Crippen LogP) is 2.19. The molecule has 0 aromatic carbocycles. The van der Waals surface area contributed by atoms with Crippen LogP contribution in [0.15, 0.2) is 0 Å². The van der Waals surface area contributed by atoms with E-state index < -0.39 is 5.92 Å². The molecule has 0 aliphatic rings. The van der Waals surface area contributed by atoms with Crippen LogP contribution >= 0.6 is 0 Å². The molecule has 3 nitrogen and oxygen atoms in total. The molecule has 3 heteroatoms. The SMILES string of the molecule is CCOC(=O)C(CC(C)CC)C(C)=O. The number of carbonyl (C=O) groups excluding carboxylic acids is 2. The third-order valence-corrected chi connectivity index (χ3v) is 2.40. The third-order valence-electron chi connectivity index (χ3n) is 2.40. The van der Waals surface area contributed by atoms with Gasteiger partial charge in [0.1, 0.15) is 11.7 Å². The number of carbonyl (C=O) groups is 2. The fourth-order valence-corrected chi connectivity index (χ4v) is 1.24. The van der Waals surface area contributed by atoms with Crippen molar-refractivity contribution in [1.82, 2.24) is 0 Å². The first-order chi connectivity index (χ1) is 6.52. The maximum absolute atomic E-state index is 11.4. The van der Waals surface area contributed by atoms with Gasteiger partial charge < -0.3 is 4.74 Å². The Labute approximate surface area is 85.8 Å². The van der Waals surface area contributed by atoms with E-state index in [1.165, 1.54) is 6.92 Å². The number of esters is 1. The first kappa shape index (κ1) is 13.1. The predicted molar refractivity (Wildman–Crippen MR) is 54.9 cm³/mol. The van der Waals surface area contributed by atoms with E-state index in [1.54, 1.807) is 6.92 Å². The van der Waals surface area contributed by atoms with Crippen molar-refractivity contribution in [3.63, 3.8) is 0 Å². The van der Waals surface area contributed by atoms with Gasteiger partial charge in [0.15, 0.2) is 0 Å². The van der Waals surface area contributed by atoms with Crippen LogP contribution in [0.3, 0.4) is 0 Å². The molecule has 0 radical (unpaired) electrons. The Hall–Kier alpha value is -0.860. The molecule has 0 N–H and O–H groups in total. The molecule has 0 aliphatic heterocycles. The van der Waals surface area contributed by atoms with Gasteiger partial charge in [-0.1, -0.05) is 20.3 Å². The normalized spacial score (nSPS) is 14.6. The van der Waals surface area contributed by atoms with Gasteiger partial charge in [0.2, 0.25) is 0 Å². The second kappa shape index (κ2) is 6.57. The molecule has 2 atom stereocenters. The number of rotatable bonds is 6. The molecule has 0 saturated carbocycles. The average molecular weight is 200 g/mol. The minimum Gasteiger partial charge on any atom is -0.465 e. The first-order valence-electron chi connectivity index (χ1n) is 5.19. The number of hydrogen-bond acceptors (Lipinski definition) is 3. The summed E-state index contributed by atoms with van der Waals surface area (Å²) >= 11 is 0. The number of hydrogen-bond donors (Lipinski definition) is 0. The molecule has 2 unspecified atom stereocenters. The quantitative estimate of drug-likeness (QED) is 0.487. The summed E-state index contributed by atoms with van der Waals surface area (Å²) in [6.45, 7) is 7.62. The van der Waals surface area contributed by atoms with E-state index in [9.17, 15) is 9.59 Å². The Morgan fingerprint density at radius 2 is 1.86 bits per heavy atom. The van der Waals surface area contributed by atoms with Crippen molar-refractivity contribution in [2.45, 2.75) is 40.5 Å². The zero-order valence-electron chi connectivity index (χ0n) is 9.50. The number of ketones is 1. The number of ether oxygens (including phenoxy) is 1. The van der Waals surface area contributed by atoms with Gasteiger partial charge in [-0.25, -0.2) is 0 Å². The molecular weight excluding hydrogens is 180 g/mol. The highest BCUT2D eigenvalue weighted by Crippen LogP contribution is 2.17. The Balaban J connectivity index is 4.29. The topological polar surface area (TPSA) is 43.4 Å². The monoisotopic (exact) mass is 200 g/mol. The molecule has 0 aromatic heterocycles. The van der Waals surface area contributed by atoms with Gasteiger partial charge in [-0.2, -0.15) is 0 Å². The van der Waals surface area contributed by atoms with Crippen molar-refractivity contribution < 1.29 is 14.3 Å². The first-order valence-corrected chi connectivity index (χ1v) is 5.19. The Morgan fingerprint density at radius 1 is 1.29 bits per heavy atom. The van der Waals surface area contributed by atoms with Crippen LogP contribution in [-0.2, 0) is 14.3 Å². The molecular formula is C11H20O3. The molecule has 0 amide bonds. The smallest absolute Gasteiger partial charge is 0.316 e. The largest absolute Gasteiger partial charge is 0.465 e. The highest BCUT2D eigenvalue weighted by atomic mass is 16.5. The second-order valence-electron chi connectivity index (χ2n) is 3.66. The van der Waals surface area contributed by atoms with Gasteiger partial charge in [0, 0.05) is 0 Å². The maximum Gasteiger partial charge on any atom is 0.316 e. The molecule has 82 valence electrons. The van der Waals surface area contributed by atoms with Gasteiger partial charge in [0.25, 0.3) is 0 Å². The maximum atomic E-state index is 11.4. The fourth-order valence-electron chi connectivity index (χ4n) is 1.24. The Morgan fingerprint density at radius 3 is 2.21 bits per heavy atom. The molecule has 0 aliphatic carbocycles. The lowest BCUT2D eigenvalue weighted by atomic mass is 9.91. The lowest BCUT2D eigenvalue weighted by molar-refractivity contribution is -0.151. The summed E-state index contributed by atoms with van der Waals surface area (Å²) in [6, 6.07) is 0. The molecule has 0 bridgehead atoms. The second-order valence-corrected chi connectivity index (χ2v) is 3.66. The molecule has 0 rings (SSSR count). The lowest BCUT2D eigenvalue weighted by Crippen LogP contribution is -2.26. The van der Waals surface area contributed by atoms with Crippen molar-refractivity contribution in [1.29, 1.82) is 0 Å². The summed E-state index contributed by atoms with van der Waals surface area (Å²) in [5, 5.41) is 0. The minimum absolute atomic E-state index is 0.0937. The van der Waals surface area contributed by atoms with E-state index in [-0.39, 0.29) is 11.8 Å². The zero-order chi connectivity index (χ0) is 11.1. The Kier molecular flexibility index (Phi) is 6.17. The minimum atomic E-state index is -0.565. The van der Waals surface area contributed by atoms with Crippen LogP contribution in [0, 0.1) is 11.8 Å². The van der Waals surface area contributed by atoms with Crippen LogP contribution in [-0.4, -0.2) is 18.4 Å². The van der Waals surface area contributed by atoms with E-state index in [2.05, 4.69) is 0 Å². The van der Waals surface area contributed by atoms with Crippen LogP contribution in [0.4, 0.5) is 0 Å². The highest BCUT2D eigenvalue weighted by Gasteiger charge is 2.25. The molecule has 14 heavy (non-hydrogen) atoms. The standard InChI is InChI=1S/C11H20O3/c1-5-8(3)7-10(9(4)12)11(13)14-6-2/h8,10H,5-7H2,1-4H3. The summed E-state index contributed by atoms with van der Waals surface area (Å²) < 4.78 is 4.85. The van der Waals surface area contributed by atoms with E-state index in [4.69, 9.17) is 4.74 Å². The summed E-state index contributed by atoms with van der Waals surface area (Å²) in [6.07, 6.45) is 1.58. The summed E-state index contributed by atoms with van der Waals surface area (Å²) in [5.41, 5.74) is 0. The Bertz CT molecular complexity index is 199. The van der Waals surface area contributed by atoms with E-state index in [0.29, 0.717) is 18.9 Å². The average Bonchev–Trinajstić information content (AvgIpc) is 2.13. The van der Waals surface area contributed by atoms with Crippen molar-refractivity contribution in [3.8, 4) is 0 Å². The fraction of sp³-hybridized carbons (Fsp3) is 0.818. The van der Waals surface area contributed by atoms with Crippen LogP contribution in [0.2, 0.25) is 0 Å².